The number of benzene rings is 1. The zero-order chi connectivity index (χ0) is 10.7. The number of piperidine rings is 1. The summed E-state index contributed by atoms with van der Waals surface area (Å²) in [4.78, 5) is 0. The summed E-state index contributed by atoms with van der Waals surface area (Å²) in [7, 11) is 0. The smallest absolute Gasteiger partial charge is 0.130 e. The molecule has 1 unspecified atom stereocenters. The summed E-state index contributed by atoms with van der Waals surface area (Å²) in [6.45, 7) is 2.26. The summed E-state index contributed by atoms with van der Waals surface area (Å²) in [5.74, 6) is 1.07. The van der Waals surface area contributed by atoms with Crippen molar-refractivity contribution in [1.82, 2.24) is 5.32 Å². The minimum absolute atomic E-state index is 0.344. The molecule has 1 saturated heterocycles. The van der Waals surface area contributed by atoms with Crippen molar-refractivity contribution in [3.05, 3.63) is 28.2 Å². The Morgan fingerprint density at radius 3 is 3.00 bits per heavy atom. The van der Waals surface area contributed by atoms with Gasteiger partial charge in [0.05, 0.1) is 4.47 Å². The van der Waals surface area contributed by atoms with Crippen molar-refractivity contribution in [3.8, 4) is 5.75 Å². The van der Waals surface area contributed by atoms with Crippen molar-refractivity contribution in [3.63, 3.8) is 0 Å². The molecule has 2 rings (SSSR count). The number of aromatic hydroxyl groups is 1. The number of hydrogen-bond acceptors (Lipinski definition) is 2. The number of phenolic OH excluding ortho intramolecular Hbond substituents is 1. The van der Waals surface area contributed by atoms with Gasteiger partial charge in [-0.1, -0.05) is 6.07 Å². The summed E-state index contributed by atoms with van der Waals surface area (Å²) in [6.07, 6.45) is 3.63. The van der Waals surface area contributed by atoms with E-state index in [0.717, 1.165) is 29.9 Å². The lowest BCUT2D eigenvalue weighted by Gasteiger charge is -2.22. The van der Waals surface area contributed by atoms with Crippen molar-refractivity contribution >= 4 is 15.9 Å². The molecule has 0 spiro atoms. The molecule has 1 aromatic rings. The number of phenols is 1. The van der Waals surface area contributed by atoms with Crippen LogP contribution in [0.4, 0.5) is 0 Å². The normalized spacial score (nSPS) is 21.5. The fraction of sp³-hybridized carbons (Fsp3) is 0.500. The molecule has 82 valence electrons. The second kappa shape index (κ2) is 4.99. The third-order valence-electron chi connectivity index (χ3n) is 2.93. The van der Waals surface area contributed by atoms with Crippen LogP contribution in [0, 0.1) is 5.92 Å². The second-order valence-electron chi connectivity index (χ2n) is 4.20. The van der Waals surface area contributed by atoms with Crippen LogP contribution in [0.1, 0.15) is 18.4 Å². The van der Waals surface area contributed by atoms with Crippen LogP contribution >= 0.6 is 15.9 Å². The van der Waals surface area contributed by atoms with E-state index in [-0.39, 0.29) is 0 Å². The second-order valence-corrected chi connectivity index (χ2v) is 5.06. The molecule has 1 aromatic carbocycles. The van der Waals surface area contributed by atoms with Crippen molar-refractivity contribution < 1.29 is 5.11 Å². The van der Waals surface area contributed by atoms with Gasteiger partial charge in [0.25, 0.3) is 0 Å². The molecule has 15 heavy (non-hydrogen) atoms. The largest absolute Gasteiger partial charge is 0.507 e. The fourth-order valence-electron chi connectivity index (χ4n) is 2.12. The predicted octanol–water partition coefficient (Wildman–Crippen LogP) is 2.70. The van der Waals surface area contributed by atoms with Crippen LogP contribution in [0.2, 0.25) is 0 Å². The first-order chi connectivity index (χ1) is 7.25. The monoisotopic (exact) mass is 269 g/mol. The quantitative estimate of drug-likeness (QED) is 0.866. The maximum Gasteiger partial charge on any atom is 0.130 e. The molecule has 1 fully saturated rings. The summed E-state index contributed by atoms with van der Waals surface area (Å²) in [6, 6.07) is 5.86. The van der Waals surface area contributed by atoms with Crippen molar-refractivity contribution in [1.29, 1.82) is 0 Å². The van der Waals surface area contributed by atoms with Crippen LogP contribution in [-0.4, -0.2) is 18.2 Å². The Hall–Kier alpha value is -0.540. The molecule has 0 radical (unpaired) electrons. The summed E-state index contributed by atoms with van der Waals surface area (Å²) in [5, 5.41) is 13.0. The molecular formula is C12H16BrNO. The van der Waals surface area contributed by atoms with E-state index in [2.05, 4.69) is 27.3 Å². The zero-order valence-corrected chi connectivity index (χ0v) is 10.3. The van der Waals surface area contributed by atoms with Gasteiger partial charge in [0, 0.05) is 0 Å². The highest BCUT2D eigenvalue weighted by Gasteiger charge is 2.13. The molecule has 2 N–H and O–H groups in total. The molecule has 0 bridgehead atoms. The van der Waals surface area contributed by atoms with Crippen LogP contribution in [0.5, 0.6) is 5.75 Å². The third kappa shape index (κ3) is 2.95. The molecule has 3 heteroatoms. The minimum Gasteiger partial charge on any atom is -0.507 e. The maximum atomic E-state index is 9.57. The minimum atomic E-state index is 0.344. The summed E-state index contributed by atoms with van der Waals surface area (Å²) in [5.41, 5.74) is 1.23. The van der Waals surface area contributed by atoms with Gasteiger partial charge < -0.3 is 10.4 Å². The van der Waals surface area contributed by atoms with Gasteiger partial charge in [-0.05, 0) is 71.9 Å². The Labute approximate surface area is 98.8 Å². The van der Waals surface area contributed by atoms with E-state index in [4.69, 9.17) is 0 Å². The first-order valence-electron chi connectivity index (χ1n) is 5.44. The van der Waals surface area contributed by atoms with Crippen LogP contribution in [0.15, 0.2) is 22.7 Å². The van der Waals surface area contributed by atoms with E-state index >= 15 is 0 Å². The molecule has 0 aliphatic carbocycles. The number of halogens is 1. The SMILES string of the molecule is Oc1cc(CC2CCCNC2)ccc1Br. The molecular weight excluding hydrogens is 254 g/mol. The highest BCUT2D eigenvalue weighted by Crippen LogP contribution is 2.26. The first-order valence-corrected chi connectivity index (χ1v) is 6.23. The number of rotatable bonds is 2. The van der Waals surface area contributed by atoms with Crippen molar-refractivity contribution in [2.24, 2.45) is 5.92 Å². The highest BCUT2D eigenvalue weighted by molar-refractivity contribution is 9.10. The Balaban J connectivity index is 2.00. The zero-order valence-electron chi connectivity index (χ0n) is 8.67. The van der Waals surface area contributed by atoms with Gasteiger partial charge in [-0.15, -0.1) is 0 Å². The van der Waals surface area contributed by atoms with Gasteiger partial charge in [0.2, 0.25) is 0 Å². The molecule has 1 atom stereocenters. The van der Waals surface area contributed by atoms with Crippen molar-refractivity contribution in [2.75, 3.05) is 13.1 Å². The molecule has 0 saturated carbocycles. The maximum absolute atomic E-state index is 9.57. The van der Waals surface area contributed by atoms with Crippen molar-refractivity contribution in [2.45, 2.75) is 19.3 Å². The van der Waals surface area contributed by atoms with Crippen LogP contribution in [0.3, 0.4) is 0 Å². The topological polar surface area (TPSA) is 32.3 Å². The first kappa shape index (κ1) is 11.0. The Morgan fingerprint density at radius 2 is 2.33 bits per heavy atom. The van der Waals surface area contributed by atoms with Crippen LogP contribution in [-0.2, 0) is 6.42 Å². The van der Waals surface area contributed by atoms with Gasteiger partial charge >= 0.3 is 0 Å². The van der Waals surface area contributed by atoms with E-state index in [0.29, 0.717) is 5.75 Å². The van der Waals surface area contributed by atoms with Gasteiger partial charge in [-0.2, -0.15) is 0 Å². The Morgan fingerprint density at radius 1 is 1.47 bits per heavy atom. The summed E-state index contributed by atoms with van der Waals surface area (Å²) < 4.78 is 0.771. The number of hydrogen-bond donors (Lipinski definition) is 2. The van der Waals surface area contributed by atoms with E-state index in [9.17, 15) is 5.11 Å². The average Bonchev–Trinajstić information content (AvgIpc) is 2.25. The van der Waals surface area contributed by atoms with E-state index in [1.165, 1.54) is 18.4 Å². The third-order valence-corrected chi connectivity index (χ3v) is 3.60. The fourth-order valence-corrected chi connectivity index (χ4v) is 2.36. The van der Waals surface area contributed by atoms with Crippen LogP contribution in [0.25, 0.3) is 0 Å². The van der Waals surface area contributed by atoms with Gasteiger partial charge in [0.1, 0.15) is 5.75 Å². The Bertz CT molecular complexity index is 334. The van der Waals surface area contributed by atoms with Gasteiger partial charge in [0.15, 0.2) is 0 Å². The Kier molecular flexibility index (Phi) is 3.65. The highest BCUT2D eigenvalue weighted by atomic mass is 79.9. The molecule has 1 aliphatic rings. The lowest BCUT2D eigenvalue weighted by molar-refractivity contribution is 0.375. The molecule has 0 aromatic heterocycles. The standard InChI is InChI=1S/C12H16BrNO/c13-11-4-3-9(7-12(11)15)6-10-2-1-5-14-8-10/h3-4,7,10,14-15H,1-2,5-6,8H2. The van der Waals surface area contributed by atoms with Gasteiger partial charge in [-0.3, -0.25) is 0 Å². The van der Waals surface area contributed by atoms with Crippen LogP contribution < -0.4 is 5.32 Å². The van der Waals surface area contributed by atoms with E-state index in [1.54, 1.807) is 0 Å². The number of nitrogens with one attached hydrogen (secondary N) is 1. The van der Waals surface area contributed by atoms with Gasteiger partial charge in [-0.25, -0.2) is 0 Å². The molecule has 2 nitrogen and oxygen atoms in total. The van der Waals surface area contributed by atoms with E-state index < -0.39 is 0 Å². The lowest BCUT2D eigenvalue weighted by Crippen LogP contribution is -2.30. The lowest BCUT2D eigenvalue weighted by atomic mass is 9.92. The average molecular weight is 270 g/mol. The molecule has 1 aliphatic heterocycles. The van der Waals surface area contributed by atoms with E-state index in [1.807, 2.05) is 12.1 Å². The predicted molar refractivity (Wildman–Crippen MR) is 65.1 cm³/mol. The molecule has 1 heterocycles. The summed E-state index contributed by atoms with van der Waals surface area (Å²) >= 11 is 3.29. The molecule has 0 amide bonds.